The van der Waals surface area contributed by atoms with Gasteiger partial charge < -0.3 is 15.0 Å². The largest absolute Gasteiger partial charge is 0.494 e. The van der Waals surface area contributed by atoms with Crippen LogP contribution >= 0.6 is 0 Å². The molecule has 4 nitrogen and oxygen atoms in total. The van der Waals surface area contributed by atoms with Gasteiger partial charge in [-0.3, -0.25) is 4.79 Å². The molecular weight excluding hydrogens is 348 g/mol. The molecule has 0 unspecified atom stereocenters. The van der Waals surface area contributed by atoms with Crippen LogP contribution in [0.1, 0.15) is 12.8 Å². The summed E-state index contributed by atoms with van der Waals surface area (Å²) in [5, 5.41) is 4.11. The lowest BCUT2D eigenvalue weighted by Gasteiger charge is -2.09. The fraction of sp³-hybridized carbons (Fsp3) is 0.125. The zero-order valence-electron chi connectivity index (χ0n) is 15.5. The molecular formula is C24H22N2O2. The standard InChI is InChI=1S/C24H22N2O2/c27-22(16-9-17-28-19-12-5-2-6-13-19)26-24-20-14-7-8-15-21(20)25-23(24)18-10-3-1-4-11-18/h1-8,10-15,25H,9,16-17H2,(H,26,27). The number of para-hydroxylation sites is 2. The number of rotatable bonds is 7. The van der Waals surface area contributed by atoms with Gasteiger partial charge in [-0.25, -0.2) is 0 Å². The molecule has 2 N–H and O–H groups in total. The summed E-state index contributed by atoms with van der Waals surface area (Å²) in [5.74, 6) is 0.810. The van der Waals surface area contributed by atoms with Gasteiger partial charge in [-0.05, 0) is 24.6 Å². The van der Waals surface area contributed by atoms with Gasteiger partial charge in [-0.1, -0.05) is 66.7 Å². The number of anilines is 1. The first kappa shape index (κ1) is 17.9. The fourth-order valence-corrected chi connectivity index (χ4v) is 3.23. The Morgan fingerprint density at radius 2 is 1.54 bits per heavy atom. The van der Waals surface area contributed by atoms with Gasteiger partial charge in [0.15, 0.2) is 0 Å². The number of carbonyl (C=O) groups excluding carboxylic acids is 1. The molecule has 0 aliphatic rings. The second-order valence-corrected chi connectivity index (χ2v) is 6.60. The molecule has 0 bridgehead atoms. The topological polar surface area (TPSA) is 54.1 Å². The molecule has 0 aliphatic heterocycles. The molecule has 140 valence electrons. The molecule has 4 rings (SSSR count). The number of aromatic amines is 1. The smallest absolute Gasteiger partial charge is 0.224 e. The second-order valence-electron chi connectivity index (χ2n) is 6.60. The van der Waals surface area contributed by atoms with E-state index in [1.54, 1.807) is 0 Å². The van der Waals surface area contributed by atoms with Crippen molar-refractivity contribution in [2.75, 3.05) is 11.9 Å². The summed E-state index contributed by atoms with van der Waals surface area (Å²) in [6.07, 6.45) is 1.06. The first-order chi connectivity index (χ1) is 13.8. The molecule has 1 aromatic heterocycles. The van der Waals surface area contributed by atoms with E-state index >= 15 is 0 Å². The number of hydrogen-bond donors (Lipinski definition) is 2. The van der Waals surface area contributed by atoms with Crippen LogP contribution in [0.25, 0.3) is 22.2 Å². The Balaban J connectivity index is 1.45. The number of benzene rings is 3. The van der Waals surface area contributed by atoms with Gasteiger partial charge in [0.05, 0.1) is 18.0 Å². The van der Waals surface area contributed by atoms with Crippen LogP contribution in [-0.4, -0.2) is 17.5 Å². The Morgan fingerprint density at radius 1 is 0.857 bits per heavy atom. The lowest BCUT2D eigenvalue weighted by molar-refractivity contribution is -0.116. The number of hydrogen-bond acceptors (Lipinski definition) is 2. The van der Waals surface area contributed by atoms with Crippen LogP contribution < -0.4 is 10.1 Å². The van der Waals surface area contributed by atoms with Gasteiger partial charge in [-0.15, -0.1) is 0 Å². The van der Waals surface area contributed by atoms with Crippen molar-refractivity contribution >= 4 is 22.5 Å². The molecule has 28 heavy (non-hydrogen) atoms. The van der Waals surface area contributed by atoms with Crippen LogP contribution in [0.2, 0.25) is 0 Å². The average molecular weight is 370 g/mol. The van der Waals surface area contributed by atoms with Crippen molar-refractivity contribution in [2.24, 2.45) is 0 Å². The number of H-pyrrole nitrogens is 1. The lowest BCUT2D eigenvalue weighted by atomic mass is 10.1. The highest BCUT2D eigenvalue weighted by molar-refractivity contribution is 6.07. The number of amides is 1. The molecule has 4 heteroatoms. The summed E-state index contributed by atoms with van der Waals surface area (Å²) in [6, 6.07) is 27.7. The molecule has 1 amide bonds. The predicted octanol–water partition coefficient (Wildman–Crippen LogP) is 5.63. The van der Waals surface area contributed by atoms with E-state index in [1.165, 1.54) is 0 Å². The van der Waals surface area contributed by atoms with Crippen LogP contribution in [0.3, 0.4) is 0 Å². The summed E-state index contributed by atoms with van der Waals surface area (Å²) in [5.41, 5.74) is 3.80. The molecule has 1 heterocycles. The first-order valence-corrected chi connectivity index (χ1v) is 9.45. The third-order valence-electron chi connectivity index (χ3n) is 4.59. The van der Waals surface area contributed by atoms with E-state index in [4.69, 9.17) is 4.74 Å². The van der Waals surface area contributed by atoms with Gasteiger partial charge in [0.25, 0.3) is 0 Å². The van der Waals surface area contributed by atoms with Gasteiger partial charge in [-0.2, -0.15) is 0 Å². The van der Waals surface area contributed by atoms with Crippen molar-refractivity contribution in [3.05, 3.63) is 84.9 Å². The first-order valence-electron chi connectivity index (χ1n) is 9.45. The SMILES string of the molecule is O=C(CCCOc1ccccc1)Nc1c(-c2ccccc2)[nH]c2ccccc12. The molecule has 0 saturated heterocycles. The highest BCUT2D eigenvalue weighted by atomic mass is 16.5. The molecule has 0 saturated carbocycles. The van der Waals surface area contributed by atoms with E-state index in [0.717, 1.165) is 33.6 Å². The van der Waals surface area contributed by atoms with Gasteiger partial charge in [0.2, 0.25) is 5.91 Å². The Labute approximate surface area is 164 Å². The Bertz CT molecular complexity index is 1060. The van der Waals surface area contributed by atoms with Gasteiger partial charge >= 0.3 is 0 Å². The van der Waals surface area contributed by atoms with Crippen LogP contribution in [0.4, 0.5) is 5.69 Å². The normalized spacial score (nSPS) is 10.7. The third kappa shape index (κ3) is 4.07. The second kappa shape index (κ2) is 8.44. The van der Waals surface area contributed by atoms with E-state index in [0.29, 0.717) is 19.4 Å². The summed E-state index contributed by atoms with van der Waals surface area (Å²) in [6.45, 7) is 0.511. The van der Waals surface area contributed by atoms with E-state index in [9.17, 15) is 4.79 Å². The minimum absolute atomic E-state index is 0.0152. The molecule has 0 spiro atoms. The maximum Gasteiger partial charge on any atom is 0.224 e. The van der Waals surface area contributed by atoms with Crippen molar-refractivity contribution in [3.63, 3.8) is 0 Å². The summed E-state index contributed by atoms with van der Waals surface area (Å²) in [7, 11) is 0. The van der Waals surface area contributed by atoms with Crippen molar-refractivity contribution in [3.8, 4) is 17.0 Å². The van der Waals surface area contributed by atoms with Gasteiger partial charge in [0.1, 0.15) is 5.75 Å². The molecule has 0 radical (unpaired) electrons. The number of fused-ring (bicyclic) bond motifs is 1. The summed E-state index contributed by atoms with van der Waals surface area (Å²) >= 11 is 0. The van der Waals surface area contributed by atoms with E-state index in [-0.39, 0.29) is 5.91 Å². The van der Waals surface area contributed by atoms with Crippen molar-refractivity contribution in [1.82, 2.24) is 4.98 Å². The minimum Gasteiger partial charge on any atom is -0.494 e. The number of ether oxygens (including phenoxy) is 1. The predicted molar refractivity (Wildman–Crippen MR) is 114 cm³/mol. The van der Waals surface area contributed by atoms with Crippen LogP contribution in [0.5, 0.6) is 5.75 Å². The van der Waals surface area contributed by atoms with Gasteiger partial charge in [0, 0.05) is 22.9 Å². The Morgan fingerprint density at radius 3 is 2.32 bits per heavy atom. The van der Waals surface area contributed by atoms with Crippen LogP contribution in [-0.2, 0) is 4.79 Å². The quantitative estimate of drug-likeness (QED) is 0.414. The van der Waals surface area contributed by atoms with E-state index in [2.05, 4.69) is 10.3 Å². The number of nitrogens with one attached hydrogen (secondary N) is 2. The molecule has 0 aliphatic carbocycles. The third-order valence-corrected chi connectivity index (χ3v) is 4.59. The molecule has 4 aromatic rings. The van der Waals surface area contributed by atoms with E-state index in [1.807, 2.05) is 84.9 Å². The monoisotopic (exact) mass is 370 g/mol. The minimum atomic E-state index is -0.0152. The zero-order chi connectivity index (χ0) is 19.2. The summed E-state index contributed by atoms with van der Waals surface area (Å²) in [4.78, 5) is 16.0. The highest BCUT2D eigenvalue weighted by Crippen LogP contribution is 2.34. The lowest BCUT2D eigenvalue weighted by Crippen LogP contribution is -2.13. The average Bonchev–Trinajstić information content (AvgIpc) is 3.11. The summed E-state index contributed by atoms with van der Waals surface area (Å²) < 4.78 is 5.67. The van der Waals surface area contributed by atoms with E-state index < -0.39 is 0 Å². The molecule has 0 atom stereocenters. The Hall–Kier alpha value is -3.53. The van der Waals surface area contributed by atoms with Crippen LogP contribution in [0.15, 0.2) is 84.9 Å². The number of aromatic nitrogens is 1. The Kier molecular flexibility index (Phi) is 5.38. The maximum absolute atomic E-state index is 12.6. The highest BCUT2D eigenvalue weighted by Gasteiger charge is 2.15. The number of carbonyl (C=O) groups is 1. The van der Waals surface area contributed by atoms with Crippen molar-refractivity contribution in [1.29, 1.82) is 0 Å². The van der Waals surface area contributed by atoms with Crippen molar-refractivity contribution in [2.45, 2.75) is 12.8 Å². The maximum atomic E-state index is 12.6. The molecule has 0 fully saturated rings. The zero-order valence-corrected chi connectivity index (χ0v) is 15.5. The van der Waals surface area contributed by atoms with Crippen LogP contribution in [0, 0.1) is 0 Å². The van der Waals surface area contributed by atoms with Crippen molar-refractivity contribution < 1.29 is 9.53 Å². The fourth-order valence-electron chi connectivity index (χ4n) is 3.23. The molecule has 3 aromatic carbocycles.